The first kappa shape index (κ1) is 8.97. The molecule has 3 N–H and O–H groups in total. The van der Waals surface area contributed by atoms with E-state index in [2.05, 4.69) is 0 Å². The number of nitrogens with one attached hydrogen (secondary N) is 1. The van der Waals surface area contributed by atoms with Gasteiger partial charge in [-0.2, -0.15) is 0 Å². The van der Waals surface area contributed by atoms with Gasteiger partial charge in [-0.3, -0.25) is 0 Å². The largest absolute Gasteiger partial charge is 0.488 e. The molecule has 0 amide bonds. The maximum atomic E-state index is 8.91. The zero-order chi connectivity index (χ0) is 8.97. The van der Waals surface area contributed by atoms with E-state index >= 15 is 0 Å². The number of rotatable bonds is 3. The highest BCUT2D eigenvalue weighted by atomic mass is 16.4. The van der Waals surface area contributed by atoms with Gasteiger partial charge >= 0.3 is 7.12 Å². The Morgan fingerprint density at radius 2 is 2.00 bits per heavy atom. The topological polar surface area (TPSA) is 64.3 Å². The summed E-state index contributed by atoms with van der Waals surface area (Å²) >= 11 is 0. The van der Waals surface area contributed by atoms with E-state index in [1.54, 1.807) is 18.2 Å². The Morgan fingerprint density at radius 1 is 1.33 bits per heavy atom. The lowest BCUT2D eigenvalue weighted by Gasteiger charge is -2.04. The molecule has 4 heteroatoms. The van der Waals surface area contributed by atoms with Gasteiger partial charge in [-0.1, -0.05) is 24.3 Å². The predicted octanol–water partition coefficient (Wildman–Crippen LogP) is -0.442. The second-order valence-electron chi connectivity index (χ2n) is 2.48. The van der Waals surface area contributed by atoms with Gasteiger partial charge in [0, 0.05) is 6.42 Å². The van der Waals surface area contributed by atoms with Crippen LogP contribution in [0.5, 0.6) is 0 Å². The van der Waals surface area contributed by atoms with Crippen molar-refractivity contribution in [3.05, 3.63) is 29.8 Å². The normalized spacial score (nSPS) is 9.50. The standard InChI is InChI=1S/C8H10BNO2/c10-6-5-7-3-1-2-4-8(7)9(11)12/h1-4,6,10-12H,5H2. The lowest BCUT2D eigenvalue weighted by molar-refractivity contribution is 0.425. The molecule has 0 heterocycles. The second-order valence-corrected chi connectivity index (χ2v) is 2.48. The van der Waals surface area contributed by atoms with Crippen LogP contribution in [0, 0.1) is 5.41 Å². The van der Waals surface area contributed by atoms with Crippen molar-refractivity contribution in [3.63, 3.8) is 0 Å². The summed E-state index contributed by atoms with van der Waals surface area (Å²) in [5.41, 5.74) is 1.25. The van der Waals surface area contributed by atoms with E-state index < -0.39 is 7.12 Å². The zero-order valence-electron chi connectivity index (χ0n) is 6.57. The van der Waals surface area contributed by atoms with Crippen LogP contribution in [-0.4, -0.2) is 23.4 Å². The number of hydrogen-bond acceptors (Lipinski definition) is 3. The fourth-order valence-electron chi connectivity index (χ4n) is 1.08. The summed E-state index contributed by atoms with van der Waals surface area (Å²) in [4.78, 5) is 0. The molecule has 0 unspecified atom stereocenters. The molecule has 3 nitrogen and oxygen atoms in total. The van der Waals surface area contributed by atoms with Crippen molar-refractivity contribution < 1.29 is 10.0 Å². The third-order valence-corrected chi connectivity index (χ3v) is 1.66. The van der Waals surface area contributed by atoms with Crippen LogP contribution in [0.25, 0.3) is 0 Å². The van der Waals surface area contributed by atoms with Crippen molar-refractivity contribution in [2.45, 2.75) is 6.42 Å². The van der Waals surface area contributed by atoms with Crippen LogP contribution in [0.3, 0.4) is 0 Å². The van der Waals surface area contributed by atoms with Gasteiger partial charge in [0.15, 0.2) is 0 Å². The molecule has 0 aromatic heterocycles. The van der Waals surface area contributed by atoms with Crippen molar-refractivity contribution in [2.24, 2.45) is 0 Å². The van der Waals surface area contributed by atoms with E-state index in [1.807, 2.05) is 6.07 Å². The predicted molar refractivity (Wildman–Crippen MR) is 48.8 cm³/mol. The lowest BCUT2D eigenvalue weighted by atomic mass is 9.76. The van der Waals surface area contributed by atoms with E-state index in [9.17, 15) is 0 Å². The first-order valence-corrected chi connectivity index (χ1v) is 3.68. The van der Waals surface area contributed by atoms with Crippen LogP contribution in [0.1, 0.15) is 5.56 Å². The van der Waals surface area contributed by atoms with E-state index in [-0.39, 0.29) is 0 Å². The fraction of sp³-hybridized carbons (Fsp3) is 0.125. The minimum absolute atomic E-state index is 0.438. The summed E-state index contributed by atoms with van der Waals surface area (Å²) in [6.07, 6.45) is 1.68. The summed E-state index contributed by atoms with van der Waals surface area (Å²) in [5.74, 6) is 0. The van der Waals surface area contributed by atoms with Crippen LogP contribution in [0.15, 0.2) is 24.3 Å². The van der Waals surface area contributed by atoms with Gasteiger partial charge in [0.2, 0.25) is 0 Å². The van der Waals surface area contributed by atoms with Crippen LogP contribution in [0.2, 0.25) is 0 Å². The third kappa shape index (κ3) is 1.93. The molecule has 0 atom stereocenters. The Bertz CT molecular complexity index is 276. The molecular formula is C8H10BNO2. The molecule has 0 bridgehead atoms. The van der Waals surface area contributed by atoms with Crippen LogP contribution < -0.4 is 5.46 Å². The molecule has 0 saturated carbocycles. The summed E-state index contributed by atoms with van der Waals surface area (Å²) in [6.45, 7) is 0. The quantitative estimate of drug-likeness (QED) is 0.417. The van der Waals surface area contributed by atoms with E-state index in [0.29, 0.717) is 11.9 Å². The van der Waals surface area contributed by atoms with Gasteiger partial charge in [0.05, 0.1) is 0 Å². The third-order valence-electron chi connectivity index (χ3n) is 1.66. The minimum atomic E-state index is -1.44. The number of benzene rings is 1. The Kier molecular flexibility index (Phi) is 3.02. The molecule has 0 aliphatic rings. The molecule has 0 aliphatic carbocycles. The Labute approximate surface area is 71.3 Å². The average Bonchev–Trinajstić information content (AvgIpc) is 2.05. The van der Waals surface area contributed by atoms with Crippen molar-refractivity contribution in [2.75, 3.05) is 0 Å². The molecule has 0 radical (unpaired) electrons. The van der Waals surface area contributed by atoms with Crippen molar-refractivity contribution in [3.8, 4) is 0 Å². The molecule has 1 rings (SSSR count). The highest BCUT2D eigenvalue weighted by Crippen LogP contribution is 1.96. The molecule has 0 fully saturated rings. The first-order valence-electron chi connectivity index (χ1n) is 3.68. The van der Waals surface area contributed by atoms with E-state index in [1.165, 1.54) is 6.21 Å². The second kappa shape index (κ2) is 4.04. The summed E-state index contributed by atoms with van der Waals surface area (Å²) < 4.78 is 0. The molecule has 0 aliphatic heterocycles. The maximum Gasteiger partial charge on any atom is 0.488 e. The van der Waals surface area contributed by atoms with Gasteiger partial charge in [-0.15, -0.1) is 0 Å². The Morgan fingerprint density at radius 3 is 2.58 bits per heavy atom. The average molecular weight is 163 g/mol. The monoisotopic (exact) mass is 163 g/mol. The van der Waals surface area contributed by atoms with Crippen LogP contribution >= 0.6 is 0 Å². The maximum absolute atomic E-state index is 8.91. The highest BCUT2D eigenvalue weighted by Gasteiger charge is 2.13. The van der Waals surface area contributed by atoms with Crippen molar-refractivity contribution >= 4 is 18.8 Å². The zero-order valence-corrected chi connectivity index (χ0v) is 6.57. The number of hydrogen-bond donors (Lipinski definition) is 3. The molecule has 1 aromatic rings. The molecule has 62 valence electrons. The van der Waals surface area contributed by atoms with Crippen LogP contribution in [0.4, 0.5) is 0 Å². The minimum Gasteiger partial charge on any atom is -0.423 e. The summed E-state index contributed by atoms with van der Waals surface area (Å²) in [5, 5.41) is 24.7. The van der Waals surface area contributed by atoms with Gasteiger partial charge in [-0.25, -0.2) is 0 Å². The van der Waals surface area contributed by atoms with Crippen molar-refractivity contribution in [1.82, 2.24) is 0 Å². The van der Waals surface area contributed by atoms with Gasteiger partial charge < -0.3 is 15.5 Å². The fourth-order valence-corrected chi connectivity index (χ4v) is 1.08. The van der Waals surface area contributed by atoms with Crippen molar-refractivity contribution in [1.29, 1.82) is 5.41 Å². The Balaban J connectivity index is 2.99. The smallest absolute Gasteiger partial charge is 0.423 e. The SMILES string of the molecule is N=CCc1ccccc1B(O)O. The Hall–Kier alpha value is -1.13. The molecule has 0 saturated heterocycles. The van der Waals surface area contributed by atoms with Gasteiger partial charge in [0.25, 0.3) is 0 Å². The lowest BCUT2D eigenvalue weighted by Crippen LogP contribution is -2.32. The van der Waals surface area contributed by atoms with E-state index in [0.717, 1.165) is 5.56 Å². The van der Waals surface area contributed by atoms with Gasteiger partial charge in [-0.05, 0) is 17.2 Å². The van der Waals surface area contributed by atoms with E-state index in [4.69, 9.17) is 15.5 Å². The highest BCUT2D eigenvalue weighted by molar-refractivity contribution is 6.59. The summed E-state index contributed by atoms with van der Waals surface area (Å²) in [7, 11) is -1.44. The molecular weight excluding hydrogens is 153 g/mol. The summed E-state index contributed by atoms with van der Waals surface area (Å²) in [6, 6.07) is 6.97. The van der Waals surface area contributed by atoms with Gasteiger partial charge in [0.1, 0.15) is 0 Å². The first-order chi connectivity index (χ1) is 5.75. The molecule has 1 aromatic carbocycles. The van der Waals surface area contributed by atoms with Crippen LogP contribution in [-0.2, 0) is 6.42 Å². The molecule has 0 spiro atoms. The molecule has 12 heavy (non-hydrogen) atoms.